The van der Waals surface area contributed by atoms with Crippen molar-refractivity contribution in [3.63, 3.8) is 0 Å². The van der Waals surface area contributed by atoms with Crippen LogP contribution in [-0.2, 0) is 11.2 Å². The van der Waals surface area contributed by atoms with Gasteiger partial charge >= 0.3 is 0 Å². The van der Waals surface area contributed by atoms with Gasteiger partial charge in [-0.3, -0.25) is 14.7 Å². The molecule has 2 aromatic heterocycles. The smallest absolute Gasteiger partial charge is 0.265 e. The van der Waals surface area contributed by atoms with Crippen LogP contribution in [0.3, 0.4) is 0 Å². The van der Waals surface area contributed by atoms with Crippen LogP contribution in [0.25, 0.3) is 10.2 Å². The van der Waals surface area contributed by atoms with Crippen molar-refractivity contribution < 1.29 is 14.3 Å². The number of thiophene rings is 1. The fraction of sp³-hybridized carbons (Fsp3) is 0.0952. The number of para-hydroxylation sites is 1. The number of carbonyl (C=O) groups is 2. The van der Waals surface area contributed by atoms with Crippen LogP contribution in [0, 0.1) is 0 Å². The van der Waals surface area contributed by atoms with Gasteiger partial charge in [0.1, 0.15) is 10.6 Å². The minimum atomic E-state index is -0.361. The molecule has 2 heterocycles. The molecule has 0 bridgehead atoms. The molecule has 0 atom stereocenters. The molecule has 2 aromatic carbocycles. The average Bonchev–Trinajstić information content (AvgIpc) is 3.33. The zero-order valence-corrected chi connectivity index (χ0v) is 18.5. The molecule has 0 aliphatic carbocycles. The molecule has 158 valence electrons. The van der Waals surface area contributed by atoms with E-state index in [0.29, 0.717) is 36.6 Å². The summed E-state index contributed by atoms with van der Waals surface area (Å²) in [5.74, 6) is 0.499. The van der Waals surface area contributed by atoms with Crippen LogP contribution < -0.4 is 15.4 Å². The first-order valence-corrected chi connectivity index (χ1v) is 10.7. The number of anilines is 2. The van der Waals surface area contributed by atoms with Crippen LogP contribution in [0.15, 0.2) is 48.5 Å². The third-order valence-corrected chi connectivity index (χ3v) is 6.13. The quantitative estimate of drug-likeness (QED) is 0.349. The first-order valence-electron chi connectivity index (χ1n) is 9.10. The van der Waals surface area contributed by atoms with E-state index in [1.54, 1.807) is 43.5 Å². The second kappa shape index (κ2) is 8.97. The first kappa shape index (κ1) is 21.2. The van der Waals surface area contributed by atoms with E-state index in [4.69, 9.17) is 27.9 Å². The number of methoxy groups -OCH3 is 1. The van der Waals surface area contributed by atoms with Crippen molar-refractivity contribution >= 4 is 68.1 Å². The number of halogens is 2. The zero-order valence-electron chi connectivity index (χ0n) is 16.2. The van der Waals surface area contributed by atoms with E-state index in [-0.39, 0.29) is 18.2 Å². The monoisotopic (exact) mass is 474 g/mol. The molecular formula is C21H16Cl2N4O3S. The minimum absolute atomic E-state index is 0.181. The molecule has 0 aliphatic rings. The number of fused-ring (bicyclic) bond motifs is 1. The number of rotatable bonds is 6. The summed E-state index contributed by atoms with van der Waals surface area (Å²) in [6.45, 7) is 0. The van der Waals surface area contributed by atoms with E-state index in [1.807, 2.05) is 12.1 Å². The number of aromatic amines is 1. The van der Waals surface area contributed by atoms with Crippen molar-refractivity contribution in [1.29, 1.82) is 0 Å². The fourth-order valence-electron chi connectivity index (χ4n) is 2.92. The summed E-state index contributed by atoms with van der Waals surface area (Å²) < 4.78 is 5.12. The summed E-state index contributed by atoms with van der Waals surface area (Å²) in [5, 5.41) is 13.8. The predicted octanol–water partition coefficient (Wildman–Crippen LogP) is 5.37. The lowest BCUT2D eigenvalue weighted by Crippen LogP contribution is -2.15. The second-order valence-corrected chi connectivity index (χ2v) is 8.42. The summed E-state index contributed by atoms with van der Waals surface area (Å²) >= 11 is 13.4. The number of carbonyl (C=O) groups excluding carboxylic acids is 2. The number of H-pyrrole nitrogens is 1. The Morgan fingerprint density at radius 2 is 1.81 bits per heavy atom. The van der Waals surface area contributed by atoms with Gasteiger partial charge in [0.25, 0.3) is 5.91 Å². The third kappa shape index (κ3) is 4.66. The maximum Gasteiger partial charge on any atom is 0.265 e. The molecule has 2 amide bonds. The lowest BCUT2D eigenvalue weighted by atomic mass is 10.1. The van der Waals surface area contributed by atoms with Crippen LogP contribution in [-0.4, -0.2) is 29.1 Å². The number of ether oxygens (including phenoxy) is 1. The zero-order chi connectivity index (χ0) is 22.0. The minimum Gasteiger partial charge on any atom is -0.497 e. The van der Waals surface area contributed by atoms with Crippen molar-refractivity contribution in [2.75, 3.05) is 17.7 Å². The highest BCUT2D eigenvalue weighted by molar-refractivity contribution is 7.20. The Kier molecular flexibility index (Phi) is 6.13. The summed E-state index contributed by atoms with van der Waals surface area (Å²) in [7, 11) is 1.59. The van der Waals surface area contributed by atoms with Crippen LogP contribution >= 0.6 is 34.5 Å². The lowest BCUT2D eigenvalue weighted by Gasteiger charge is -2.07. The van der Waals surface area contributed by atoms with Crippen LogP contribution in [0.2, 0.25) is 10.0 Å². The molecule has 0 spiro atoms. The Balaban J connectivity index is 1.48. The summed E-state index contributed by atoms with van der Waals surface area (Å²) in [6, 6.07) is 13.9. The Bertz CT molecular complexity index is 1250. The maximum atomic E-state index is 12.7. The van der Waals surface area contributed by atoms with Gasteiger partial charge in [-0.05, 0) is 35.9 Å². The number of aromatic nitrogens is 2. The van der Waals surface area contributed by atoms with E-state index < -0.39 is 0 Å². The van der Waals surface area contributed by atoms with E-state index >= 15 is 0 Å². The van der Waals surface area contributed by atoms with Crippen molar-refractivity contribution in [3.8, 4) is 5.75 Å². The molecule has 0 saturated heterocycles. The summed E-state index contributed by atoms with van der Waals surface area (Å²) in [4.78, 5) is 26.2. The Labute approximate surface area is 191 Å². The Morgan fingerprint density at radius 3 is 2.48 bits per heavy atom. The normalized spacial score (nSPS) is 10.8. The van der Waals surface area contributed by atoms with Crippen LogP contribution in [0.5, 0.6) is 5.75 Å². The molecule has 31 heavy (non-hydrogen) atoms. The highest BCUT2D eigenvalue weighted by atomic mass is 35.5. The molecule has 7 nitrogen and oxygen atoms in total. The highest BCUT2D eigenvalue weighted by Crippen LogP contribution is 2.33. The van der Waals surface area contributed by atoms with E-state index in [9.17, 15) is 9.59 Å². The Morgan fingerprint density at radius 1 is 1.10 bits per heavy atom. The molecule has 0 fully saturated rings. The maximum absolute atomic E-state index is 12.7. The summed E-state index contributed by atoms with van der Waals surface area (Å²) in [6.07, 6.45) is 0.181. The van der Waals surface area contributed by atoms with Gasteiger partial charge in [-0.2, -0.15) is 5.10 Å². The standard InChI is InChI=1S/C21H16Cl2N4O3S/c1-30-12-7-5-11(6-8-12)9-17(28)24-19-13-10-16(31-21(13)27-26-19)20(29)25-18-14(22)3-2-4-15(18)23/h2-8,10H,9H2,1H3,(H,25,29)(H2,24,26,27,28). The number of amides is 2. The molecule has 10 heteroatoms. The number of hydrogen-bond acceptors (Lipinski definition) is 5. The predicted molar refractivity (Wildman–Crippen MR) is 124 cm³/mol. The molecule has 4 aromatic rings. The van der Waals surface area contributed by atoms with Gasteiger partial charge in [0, 0.05) is 0 Å². The number of benzene rings is 2. The fourth-order valence-corrected chi connectivity index (χ4v) is 4.31. The Hall–Kier alpha value is -3.07. The first-order chi connectivity index (χ1) is 14.9. The SMILES string of the molecule is COc1ccc(CC(=O)Nc2n[nH]c3sc(C(=O)Nc4c(Cl)cccc4Cl)cc23)cc1. The van der Waals surface area contributed by atoms with Crippen molar-refractivity contribution in [1.82, 2.24) is 10.2 Å². The van der Waals surface area contributed by atoms with E-state index in [0.717, 1.165) is 11.3 Å². The average molecular weight is 475 g/mol. The molecule has 0 radical (unpaired) electrons. The number of nitrogens with zero attached hydrogens (tertiary/aromatic N) is 1. The largest absolute Gasteiger partial charge is 0.497 e. The van der Waals surface area contributed by atoms with Gasteiger partial charge in [-0.1, -0.05) is 41.4 Å². The van der Waals surface area contributed by atoms with Gasteiger partial charge in [-0.25, -0.2) is 0 Å². The molecule has 0 saturated carbocycles. The van der Waals surface area contributed by atoms with E-state index in [2.05, 4.69) is 20.8 Å². The topological polar surface area (TPSA) is 96.1 Å². The second-order valence-electron chi connectivity index (χ2n) is 6.55. The highest BCUT2D eigenvalue weighted by Gasteiger charge is 2.18. The molecule has 0 aliphatic heterocycles. The van der Waals surface area contributed by atoms with E-state index in [1.165, 1.54) is 11.3 Å². The van der Waals surface area contributed by atoms with Crippen molar-refractivity contribution in [3.05, 3.63) is 69.0 Å². The van der Waals surface area contributed by atoms with Gasteiger partial charge < -0.3 is 15.4 Å². The van der Waals surface area contributed by atoms with Crippen LogP contribution in [0.1, 0.15) is 15.2 Å². The molecule has 4 rings (SSSR count). The number of nitrogens with one attached hydrogen (secondary N) is 3. The molecule has 0 unspecified atom stereocenters. The van der Waals surface area contributed by atoms with Crippen LogP contribution in [0.4, 0.5) is 11.5 Å². The van der Waals surface area contributed by atoms with Crippen molar-refractivity contribution in [2.24, 2.45) is 0 Å². The van der Waals surface area contributed by atoms with Crippen molar-refractivity contribution in [2.45, 2.75) is 6.42 Å². The molecule has 3 N–H and O–H groups in total. The van der Waals surface area contributed by atoms with Gasteiger partial charge in [-0.15, -0.1) is 11.3 Å². The van der Waals surface area contributed by atoms with Gasteiger partial charge in [0.05, 0.1) is 39.5 Å². The summed E-state index contributed by atoms with van der Waals surface area (Å²) in [5.41, 5.74) is 1.19. The lowest BCUT2D eigenvalue weighted by molar-refractivity contribution is -0.115. The van der Waals surface area contributed by atoms with Gasteiger partial charge in [0.15, 0.2) is 5.82 Å². The molecular weight excluding hydrogens is 459 g/mol. The van der Waals surface area contributed by atoms with Gasteiger partial charge in [0.2, 0.25) is 5.91 Å². The number of hydrogen-bond donors (Lipinski definition) is 3. The third-order valence-electron chi connectivity index (χ3n) is 4.46.